The summed E-state index contributed by atoms with van der Waals surface area (Å²) in [5.74, 6) is -0.0818. The lowest BCUT2D eigenvalue weighted by Gasteiger charge is -2.11. The molecular formula is C13H14FNO2. The van der Waals surface area contributed by atoms with Crippen molar-refractivity contribution in [3.05, 3.63) is 29.6 Å². The summed E-state index contributed by atoms with van der Waals surface area (Å²) in [6.07, 6.45) is 3.17. The zero-order valence-electron chi connectivity index (χ0n) is 9.49. The van der Waals surface area contributed by atoms with Gasteiger partial charge < -0.3 is 9.47 Å². The number of halogens is 1. The Morgan fingerprint density at radius 3 is 3.12 bits per heavy atom. The second kappa shape index (κ2) is 5.65. The highest BCUT2D eigenvalue weighted by atomic mass is 19.1. The summed E-state index contributed by atoms with van der Waals surface area (Å²) in [5, 5.41) is 8.84. The largest absolute Gasteiger partial charge is 0.492 e. The van der Waals surface area contributed by atoms with E-state index in [1.807, 2.05) is 6.07 Å². The van der Waals surface area contributed by atoms with E-state index in [0.29, 0.717) is 17.9 Å². The molecule has 1 aliphatic rings. The molecule has 1 aliphatic heterocycles. The van der Waals surface area contributed by atoms with Crippen LogP contribution in [0.25, 0.3) is 0 Å². The topological polar surface area (TPSA) is 42.2 Å². The first-order chi connectivity index (χ1) is 8.29. The van der Waals surface area contributed by atoms with Crippen LogP contribution in [0.5, 0.6) is 5.75 Å². The van der Waals surface area contributed by atoms with Crippen LogP contribution in [-0.4, -0.2) is 19.3 Å². The molecule has 1 fully saturated rings. The lowest BCUT2D eigenvalue weighted by Crippen LogP contribution is -2.11. The maximum absolute atomic E-state index is 13.0. The Hall–Kier alpha value is -1.60. The standard InChI is InChI=1S/C13H14FNO2/c14-11-4-3-10(9-15)13(8-11)17-7-5-12-2-1-6-16-12/h3-4,8,12H,1-2,5-7H2. The Morgan fingerprint density at radius 1 is 1.53 bits per heavy atom. The summed E-state index contributed by atoms with van der Waals surface area (Å²) in [4.78, 5) is 0. The van der Waals surface area contributed by atoms with Crippen molar-refractivity contribution in [2.24, 2.45) is 0 Å². The summed E-state index contributed by atoms with van der Waals surface area (Å²) in [7, 11) is 0. The van der Waals surface area contributed by atoms with Crippen LogP contribution >= 0.6 is 0 Å². The Bertz CT molecular complexity index is 422. The van der Waals surface area contributed by atoms with Gasteiger partial charge in [-0.15, -0.1) is 0 Å². The van der Waals surface area contributed by atoms with Gasteiger partial charge in [-0.2, -0.15) is 5.26 Å². The first-order valence-electron chi connectivity index (χ1n) is 5.73. The van der Waals surface area contributed by atoms with Gasteiger partial charge in [0.05, 0.1) is 18.3 Å². The molecule has 0 bridgehead atoms. The lowest BCUT2D eigenvalue weighted by atomic mass is 10.2. The molecule has 3 nitrogen and oxygen atoms in total. The molecule has 0 N–H and O–H groups in total. The van der Waals surface area contributed by atoms with Crippen molar-refractivity contribution in [1.29, 1.82) is 5.26 Å². The van der Waals surface area contributed by atoms with Crippen molar-refractivity contribution in [3.63, 3.8) is 0 Å². The summed E-state index contributed by atoms with van der Waals surface area (Å²) < 4.78 is 23.9. The minimum absolute atomic E-state index is 0.245. The first-order valence-corrected chi connectivity index (χ1v) is 5.73. The number of benzene rings is 1. The summed E-state index contributed by atoms with van der Waals surface area (Å²) >= 11 is 0. The molecular weight excluding hydrogens is 221 g/mol. The molecule has 1 heterocycles. The molecule has 0 aliphatic carbocycles. The van der Waals surface area contributed by atoms with E-state index in [0.717, 1.165) is 25.9 Å². The number of hydrogen-bond donors (Lipinski definition) is 0. The Labute approximate surface area is 99.8 Å². The van der Waals surface area contributed by atoms with Gasteiger partial charge in [-0.05, 0) is 25.0 Å². The Kier molecular flexibility index (Phi) is 3.94. The van der Waals surface area contributed by atoms with Crippen LogP contribution in [0.2, 0.25) is 0 Å². The summed E-state index contributed by atoms with van der Waals surface area (Å²) in [6.45, 7) is 1.26. The molecule has 2 rings (SSSR count). The first kappa shape index (κ1) is 11.9. The summed E-state index contributed by atoms with van der Waals surface area (Å²) in [6, 6.07) is 5.91. The number of nitrogens with zero attached hydrogens (tertiary/aromatic N) is 1. The average molecular weight is 235 g/mol. The van der Waals surface area contributed by atoms with Crippen molar-refractivity contribution in [3.8, 4) is 11.8 Å². The van der Waals surface area contributed by atoms with Gasteiger partial charge in [-0.25, -0.2) is 4.39 Å². The molecule has 1 aromatic carbocycles. The molecule has 90 valence electrons. The molecule has 17 heavy (non-hydrogen) atoms. The zero-order valence-corrected chi connectivity index (χ0v) is 9.49. The third kappa shape index (κ3) is 3.18. The van der Waals surface area contributed by atoms with Crippen LogP contribution < -0.4 is 4.74 Å². The SMILES string of the molecule is N#Cc1ccc(F)cc1OCCC1CCCO1. The molecule has 0 aromatic heterocycles. The summed E-state index contributed by atoms with van der Waals surface area (Å²) in [5.41, 5.74) is 0.360. The van der Waals surface area contributed by atoms with Gasteiger partial charge >= 0.3 is 0 Å². The predicted octanol–water partition coefficient (Wildman–Crippen LogP) is 2.65. The minimum Gasteiger partial charge on any atom is -0.492 e. The minimum atomic E-state index is -0.392. The Morgan fingerprint density at radius 2 is 2.41 bits per heavy atom. The van der Waals surface area contributed by atoms with Gasteiger partial charge in [0.1, 0.15) is 17.6 Å². The van der Waals surface area contributed by atoms with Crippen molar-refractivity contribution in [2.45, 2.75) is 25.4 Å². The maximum atomic E-state index is 13.0. The van der Waals surface area contributed by atoms with Gasteiger partial charge in [-0.1, -0.05) is 0 Å². The Balaban J connectivity index is 1.89. The fourth-order valence-electron chi connectivity index (χ4n) is 1.88. The molecule has 0 radical (unpaired) electrons. The van der Waals surface area contributed by atoms with Crippen LogP contribution in [0.15, 0.2) is 18.2 Å². The normalized spacial score (nSPS) is 18.9. The molecule has 0 spiro atoms. The number of nitriles is 1. The van der Waals surface area contributed by atoms with E-state index >= 15 is 0 Å². The molecule has 0 amide bonds. The molecule has 0 saturated carbocycles. The van der Waals surface area contributed by atoms with E-state index in [-0.39, 0.29) is 6.10 Å². The van der Waals surface area contributed by atoms with Crippen LogP contribution in [0, 0.1) is 17.1 Å². The third-order valence-electron chi connectivity index (χ3n) is 2.79. The molecule has 4 heteroatoms. The van der Waals surface area contributed by atoms with Crippen LogP contribution in [0.4, 0.5) is 4.39 Å². The zero-order chi connectivity index (χ0) is 12.1. The lowest BCUT2D eigenvalue weighted by molar-refractivity contribution is 0.0903. The molecule has 1 aromatic rings. The maximum Gasteiger partial charge on any atom is 0.139 e. The molecule has 1 atom stereocenters. The van der Waals surface area contributed by atoms with E-state index in [2.05, 4.69) is 0 Å². The molecule has 1 saturated heterocycles. The fraction of sp³-hybridized carbons (Fsp3) is 0.462. The average Bonchev–Trinajstić information content (AvgIpc) is 2.82. The highest BCUT2D eigenvalue weighted by Gasteiger charge is 2.15. The van der Waals surface area contributed by atoms with Crippen LogP contribution in [0.3, 0.4) is 0 Å². The second-order valence-electron chi connectivity index (χ2n) is 4.02. The number of rotatable bonds is 4. The van der Waals surface area contributed by atoms with Crippen molar-refractivity contribution in [2.75, 3.05) is 13.2 Å². The van der Waals surface area contributed by atoms with E-state index in [9.17, 15) is 4.39 Å². The highest BCUT2D eigenvalue weighted by molar-refractivity contribution is 5.42. The van der Waals surface area contributed by atoms with E-state index in [1.165, 1.54) is 18.2 Å². The van der Waals surface area contributed by atoms with E-state index in [4.69, 9.17) is 14.7 Å². The van der Waals surface area contributed by atoms with Crippen molar-refractivity contribution in [1.82, 2.24) is 0 Å². The fourth-order valence-corrected chi connectivity index (χ4v) is 1.88. The van der Waals surface area contributed by atoms with Gasteiger partial charge in [0.25, 0.3) is 0 Å². The quantitative estimate of drug-likeness (QED) is 0.805. The smallest absolute Gasteiger partial charge is 0.139 e. The molecule has 1 unspecified atom stereocenters. The van der Waals surface area contributed by atoms with Crippen molar-refractivity contribution >= 4 is 0 Å². The van der Waals surface area contributed by atoms with Crippen molar-refractivity contribution < 1.29 is 13.9 Å². The van der Waals surface area contributed by atoms with Gasteiger partial charge in [0, 0.05) is 19.1 Å². The van der Waals surface area contributed by atoms with Crippen LogP contribution in [-0.2, 0) is 4.74 Å². The van der Waals surface area contributed by atoms with Gasteiger partial charge in [-0.3, -0.25) is 0 Å². The third-order valence-corrected chi connectivity index (χ3v) is 2.79. The predicted molar refractivity (Wildman–Crippen MR) is 60.2 cm³/mol. The van der Waals surface area contributed by atoms with E-state index < -0.39 is 5.82 Å². The van der Waals surface area contributed by atoms with Gasteiger partial charge in [0.2, 0.25) is 0 Å². The highest BCUT2D eigenvalue weighted by Crippen LogP contribution is 2.20. The van der Waals surface area contributed by atoms with Crippen LogP contribution in [0.1, 0.15) is 24.8 Å². The monoisotopic (exact) mass is 235 g/mol. The van der Waals surface area contributed by atoms with E-state index in [1.54, 1.807) is 0 Å². The van der Waals surface area contributed by atoms with Gasteiger partial charge in [0.15, 0.2) is 0 Å². The number of hydrogen-bond acceptors (Lipinski definition) is 3. The number of ether oxygens (including phenoxy) is 2. The second-order valence-corrected chi connectivity index (χ2v) is 4.02.